The number of rotatable bonds is 7. The van der Waals surface area contributed by atoms with Gasteiger partial charge in [-0.3, -0.25) is 14.9 Å². The van der Waals surface area contributed by atoms with Crippen LogP contribution in [-0.2, 0) is 9.59 Å². The van der Waals surface area contributed by atoms with Gasteiger partial charge in [0.1, 0.15) is 6.04 Å². The lowest BCUT2D eigenvalue weighted by molar-refractivity contribution is -0.139. The third kappa shape index (κ3) is 5.36. The number of anilines is 1. The summed E-state index contributed by atoms with van der Waals surface area (Å²) in [6, 6.07) is 4.00. The zero-order valence-electron chi connectivity index (χ0n) is 11.0. The van der Waals surface area contributed by atoms with Crippen molar-refractivity contribution in [2.45, 2.75) is 25.8 Å². The van der Waals surface area contributed by atoms with Crippen molar-refractivity contribution in [3.8, 4) is 0 Å². The molecule has 3 N–H and O–H groups in total. The SMILES string of the molecule is CCCC(NCC(=O)Nc1ccc(Cl)c(Cl)c1)C(=O)O. The molecule has 20 heavy (non-hydrogen) atoms. The number of benzene rings is 1. The van der Waals surface area contributed by atoms with Crippen LogP contribution in [0.15, 0.2) is 18.2 Å². The molecule has 0 radical (unpaired) electrons. The molecule has 1 amide bonds. The van der Waals surface area contributed by atoms with Crippen molar-refractivity contribution in [1.82, 2.24) is 5.32 Å². The van der Waals surface area contributed by atoms with Crippen molar-refractivity contribution in [3.05, 3.63) is 28.2 Å². The van der Waals surface area contributed by atoms with E-state index in [1.807, 2.05) is 6.92 Å². The molecule has 1 rings (SSSR count). The topological polar surface area (TPSA) is 78.4 Å². The van der Waals surface area contributed by atoms with E-state index < -0.39 is 12.0 Å². The Morgan fingerprint density at radius 2 is 2.00 bits per heavy atom. The predicted molar refractivity (Wildman–Crippen MR) is 79.4 cm³/mol. The van der Waals surface area contributed by atoms with E-state index in [9.17, 15) is 9.59 Å². The van der Waals surface area contributed by atoms with Gasteiger partial charge in [0.25, 0.3) is 0 Å². The number of amides is 1. The van der Waals surface area contributed by atoms with Gasteiger partial charge in [-0.1, -0.05) is 36.5 Å². The molecule has 1 unspecified atom stereocenters. The Balaban J connectivity index is 2.50. The minimum atomic E-state index is -0.964. The molecule has 5 nitrogen and oxygen atoms in total. The number of hydrogen-bond donors (Lipinski definition) is 3. The molecule has 0 spiro atoms. The van der Waals surface area contributed by atoms with Crippen LogP contribution in [-0.4, -0.2) is 29.6 Å². The first-order valence-electron chi connectivity index (χ1n) is 6.15. The zero-order valence-corrected chi connectivity index (χ0v) is 12.5. The van der Waals surface area contributed by atoms with Crippen molar-refractivity contribution < 1.29 is 14.7 Å². The monoisotopic (exact) mass is 318 g/mol. The van der Waals surface area contributed by atoms with Gasteiger partial charge in [-0.05, 0) is 24.6 Å². The van der Waals surface area contributed by atoms with E-state index in [0.29, 0.717) is 22.2 Å². The third-order valence-corrected chi connectivity index (χ3v) is 3.33. The second-order valence-electron chi connectivity index (χ2n) is 4.24. The molecule has 7 heteroatoms. The van der Waals surface area contributed by atoms with Crippen molar-refractivity contribution >= 4 is 40.8 Å². The first-order chi connectivity index (χ1) is 9.43. The van der Waals surface area contributed by atoms with Crippen LogP contribution in [0.3, 0.4) is 0 Å². The molecule has 0 saturated carbocycles. The summed E-state index contributed by atoms with van der Waals surface area (Å²) in [5.74, 6) is -1.31. The Morgan fingerprint density at radius 1 is 1.30 bits per heavy atom. The van der Waals surface area contributed by atoms with Crippen LogP contribution < -0.4 is 10.6 Å². The van der Waals surface area contributed by atoms with Crippen LogP contribution in [0, 0.1) is 0 Å². The number of hydrogen-bond acceptors (Lipinski definition) is 3. The van der Waals surface area contributed by atoms with Crippen LogP contribution in [0.1, 0.15) is 19.8 Å². The number of carboxylic acids is 1. The highest BCUT2D eigenvalue weighted by Crippen LogP contribution is 2.24. The standard InChI is InChI=1S/C13H16Cl2N2O3/c1-2-3-11(13(19)20)16-7-12(18)17-8-4-5-9(14)10(15)6-8/h4-6,11,16H,2-3,7H2,1H3,(H,17,18)(H,19,20). The van der Waals surface area contributed by atoms with Crippen molar-refractivity contribution in [2.75, 3.05) is 11.9 Å². The average Bonchev–Trinajstić information content (AvgIpc) is 2.38. The normalized spacial score (nSPS) is 11.9. The number of carbonyl (C=O) groups is 2. The van der Waals surface area contributed by atoms with Crippen LogP contribution in [0.2, 0.25) is 10.0 Å². The zero-order chi connectivity index (χ0) is 15.1. The number of aliphatic carboxylic acids is 1. The van der Waals surface area contributed by atoms with E-state index in [-0.39, 0.29) is 12.5 Å². The van der Waals surface area contributed by atoms with Gasteiger partial charge in [-0.25, -0.2) is 0 Å². The molecule has 0 aliphatic carbocycles. The molecule has 0 bridgehead atoms. The number of nitrogens with one attached hydrogen (secondary N) is 2. The van der Waals surface area contributed by atoms with E-state index >= 15 is 0 Å². The van der Waals surface area contributed by atoms with Crippen molar-refractivity contribution in [1.29, 1.82) is 0 Å². The molecule has 0 fully saturated rings. The summed E-state index contributed by atoms with van der Waals surface area (Å²) in [6.45, 7) is 1.80. The predicted octanol–water partition coefficient (Wildman–Crippen LogP) is 2.77. The van der Waals surface area contributed by atoms with E-state index in [1.54, 1.807) is 12.1 Å². The van der Waals surface area contributed by atoms with Gasteiger partial charge < -0.3 is 10.4 Å². The molecule has 0 aliphatic rings. The second kappa shape index (κ2) is 8.09. The Hall–Kier alpha value is -1.30. The van der Waals surface area contributed by atoms with Gasteiger partial charge in [-0.2, -0.15) is 0 Å². The van der Waals surface area contributed by atoms with Gasteiger partial charge >= 0.3 is 5.97 Å². The lowest BCUT2D eigenvalue weighted by atomic mass is 10.2. The quantitative estimate of drug-likeness (QED) is 0.722. The molecule has 0 aliphatic heterocycles. The fourth-order valence-electron chi connectivity index (χ4n) is 1.60. The summed E-state index contributed by atoms with van der Waals surface area (Å²) in [6.07, 6.45) is 1.19. The first kappa shape index (κ1) is 16.8. The summed E-state index contributed by atoms with van der Waals surface area (Å²) in [7, 11) is 0. The highest BCUT2D eigenvalue weighted by atomic mass is 35.5. The number of carboxylic acid groups (broad SMARTS) is 1. The maximum Gasteiger partial charge on any atom is 0.320 e. The Kier molecular flexibility index (Phi) is 6.78. The maximum absolute atomic E-state index is 11.7. The molecule has 110 valence electrons. The van der Waals surface area contributed by atoms with Crippen LogP contribution in [0.5, 0.6) is 0 Å². The van der Waals surface area contributed by atoms with E-state index in [0.717, 1.165) is 6.42 Å². The van der Waals surface area contributed by atoms with Crippen molar-refractivity contribution in [3.63, 3.8) is 0 Å². The minimum absolute atomic E-state index is 0.0861. The van der Waals surface area contributed by atoms with Crippen molar-refractivity contribution in [2.24, 2.45) is 0 Å². The second-order valence-corrected chi connectivity index (χ2v) is 5.05. The molecular formula is C13H16Cl2N2O3. The molecule has 0 heterocycles. The summed E-state index contributed by atoms with van der Waals surface area (Å²) >= 11 is 11.6. The summed E-state index contributed by atoms with van der Waals surface area (Å²) < 4.78 is 0. The Labute approximate surface area is 127 Å². The Morgan fingerprint density at radius 3 is 2.55 bits per heavy atom. The fourth-order valence-corrected chi connectivity index (χ4v) is 1.89. The first-order valence-corrected chi connectivity index (χ1v) is 6.90. The van der Waals surface area contributed by atoms with Crippen LogP contribution in [0.25, 0.3) is 0 Å². The van der Waals surface area contributed by atoms with Crippen LogP contribution in [0.4, 0.5) is 5.69 Å². The summed E-state index contributed by atoms with van der Waals surface area (Å²) in [5, 5.41) is 15.0. The summed E-state index contributed by atoms with van der Waals surface area (Å²) in [5.41, 5.74) is 0.508. The van der Waals surface area contributed by atoms with Gasteiger partial charge in [0.15, 0.2) is 0 Å². The highest BCUT2D eigenvalue weighted by Gasteiger charge is 2.16. The smallest absolute Gasteiger partial charge is 0.320 e. The van der Waals surface area contributed by atoms with Gasteiger partial charge in [-0.15, -0.1) is 0 Å². The molecule has 0 saturated heterocycles. The van der Waals surface area contributed by atoms with Gasteiger partial charge in [0.2, 0.25) is 5.91 Å². The molecular weight excluding hydrogens is 303 g/mol. The van der Waals surface area contributed by atoms with Crippen LogP contribution >= 0.6 is 23.2 Å². The largest absolute Gasteiger partial charge is 0.480 e. The fraction of sp³-hybridized carbons (Fsp3) is 0.385. The lowest BCUT2D eigenvalue weighted by Crippen LogP contribution is -2.41. The average molecular weight is 319 g/mol. The highest BCUT2D eigenvalue weighted by molar-refractivity contribution is 6.42. The third-order valence-electron chi connectivity index (χ3n) is 2.59. The number of halogens is 2. The van der Waals surface area contributed by atoms with Gasteiger partial charge in [0.05, 0.1) is 16.6 Å². The van der Waals surface area contributed by atoms with E-state index in [4.69, 9.17) is 28.3 Å². The van der Waals surface area contributed by atoms with Gasteiger partial charge in [0, 0.05) is 5.69 Å². The van der Waals surface area contributed by atoms with E-state index in [2.05, 4.69) is 10.6 Å². The molecule has 1 atom stereocenters. The van der Waals surface area contributed by atoms with E-state index in [1.165, 1.54) is 6.07 Å². The maximum atomic E-state index is 11.7. The molecule has 0 aromatic heterocycles. The number of carbonyl (C=O) groups excluding carboxylic acids is 1. The molecule has 1 aromatic rings. The lowest BCUT2D eigenvalue weighted by Gasteiger charge is -2.13. The summed E-state index contributed by atoms with van der Waals surface area (Å²) in [4.78, 5) is 22.6. The molecule has 1 aromatic carbocycles. The Bertz CT molecular complexity index is 495. The minimum Gasteiger partial charge on any atom is -0.480 e.